The highest BCUT2D eigenvalue weighted by Gasteiger charge is 2.15. The molecule has 0 spiro atoms. The molecule has 28 heavy (non-hydrogen) atoms. The van der Waals surface area contributed by atoms with Gasteiger partial charge in [0.15, 0.2) is 0 Å². The van der Waals surface area contributed by atoms with E-state index >= 15 is 0 Å². The third-order valence-electron chi connectivity index (χ3n) is 4.55. The standard InChI is InChI=1S/C21H22BrN3O3/c1-2-3-6-13-24-20(27)17-7-4-5-8-18(17)25(21(24)28)14-19(26)23-16-11-9-15(22)10-12-16/h4-5,7-12H,2-3,6,13-14H2,1H3,(H,23,26). The molecule has 0 atom stereocenters. The number of benzene rings is 2. The summed E-state index contributed by atoms with van der Waals surface area (Å²) in [5.41, 5.74) is 0.351. The van der Waals surface area contributed by atoms with Crippen LogP contribution in [0, 0.1) is 0 Å². The summed E-state index contributed by atoms with van der Waals surface area (Å²) in [5.74, 6) is -0.326. The number of hydrogen-bond acceptors (Lipinski definition) is 3. The first-order valence-electron chi connectivity index (χ1n) is 9.29. The minimum absolute atomic E-state index is 0.163. The van der Waals surface area contributed by atoms with E-state index < -0.39 is 5.69 Å². The smallest absolute Gasteiger partial charge is 0.325 e. The maximum Gasteiger partial charge on any atom is 0.331 e. The molecule has 1 amide bonds. The highest BCUT2D eigenvalue weighted by molar-refractivity contribution is 9.10. The molecule has 146 valence electrons. The molecule has 0 saturated heterocycles. The summed E-state index contributed by atoms with van der Waals surface area (Å²) in [6.45, 7) is 2.25. The summed E-state index contributed by atoms with van der Waals surface area (Å²) in [6, 6.07) is 14.1. The summed E-state index contributed by atoms with van der Waals surface area (Å²) in [7, 11) is 0. The van der Waals surface area contributed by atoms with Crippen molar-refractivity contribution in [2.45, 2.75) is 39.3 Å². The van der Waals surface area contributed by atoms with Gasteiger partial charge in [-0.25, -0.2) is 4.79 Å². The molecular formula is C21H22BrN3O3. The molecule has 1 N–H and O–H groups in total. The van der Waals surface area contributed by atoms with Gasteiger partial charge in [0.1, 0.15) is 6.54 Å². The van der Waals surface area contributed by atoms with E-state index in [1.807, 2.05) is 12.1 Å². The number of anilines is 1. The topological polar surface area (TPSA) is 73.1 Å². The zero-order valence-electron chi connectivity index (χ0n) is 15.7. The first-order chi connectivity index (χ1) is 13.5. The molecule has 2 aromatic carbocycles. The van der Waals surface area contributed by atoms with Crippen LogP contribution < -0.4 is 16.6 Å². The SMILES string of the molecule is CCCCCn1c(=O)c2ccccc2n(CC(=O)Nc2ccc(Br)cc2)c1=O. The number of para-hydroxylation sites is 1. The number of nitrogens with one attached hydrogen (secondary N) is 1. The van der Waals surface area contributed by atoms with E-state index in [4.69, 9.17) is 0 Å². The van der Waals surface area contributed by atoms with Crippen molar-refractivity contribution < 1.29 is 4.79 Å². The van der Waals surface area contributed by atoms with Gasteiger partial charge in [-0.3, -0.25) is 18.7 Å². The van der Waals surface area contributed by atoms with Gasteiger partial charge in [0.25, 0.3) is 5.56 Å². The molecule has 0 aliphatic carbocycles. The summed E-state index contributed by atoms with van der Waals surface area (Å²) in [5, 5.41) is 3.23. The fourth-order valence-electron chi connectivity index (χ4n) is 3.12. The average Bonchev–Trinajstić information content (AvgIpc) is 2.69. The van der Waals surface area contributed by atoms with Crippen LogP contribution in [0.5, 0.6) is 0 Å². The van der Waals surface area contributed by atoms with Crippen LogP contribution >= 0.6 is 15.9 Å². The largest absolute Gasteiger partial charge is 0.331 e. The Hall–Kier alpha value is -2.67. The van der Waals surface area contributed by atoms with Gasteiger partial charge in [0.2, 0.25) is 5.91 Å². The highest BCUT2D eigenvalue weighted by Crippen LogP contribution is 2.14. The quantitative estimate of drug-likeness (QED) is 0.565. The average molecular weight is 444 g/mol. The van der Waals surface area contributed by atoms with E-state index in [0.717, 1.165) is 23.7 Å². The van der Waals surface area contributed by atoms with Crippen molar-refractivity contribution in [2.75, 3.05) is 5.32 Å². The van der Waals surface area contributed by atoms with E-state index in [0.29, 0.717) is 23.1 Å². The number of carbonyl (C=O) groups is 1. The lowest BCUT2D eigenvalue weighted by atomic mass is 10.2. The summed E-state index contributed by atoms with van der Waals surface area (Å²) in [6.07, 6.45) is 2.67. The van der Waals surface area contributed by atoms with Gasteiger partial charge in [-0.1, -0.05) is 47.8 Å². The second-order valence-corrected chi connectivity index (χ2v) is 7.52. The number of nitrogens with zero attached hydrogens (tertiary/aromatic N) is 2. The molecule has 7 heteroatoms. The third-order valence-corrected chi connectivity index (χ3v) is 5.08. The normalized spacial score (nSPS) is 10.9. The van der Waals surface area contributed by atoms with E-state index in [1.165, 1.54) is 9.13 Å². The maximum atomic E-state index is 13.0. The number of carbonyl (C=O) groups excluding carboxylic acids is 1. The van der Waals surface area contributed by atoms with E-state index in [2.05, 4.69) is 28.2 Å². The lowest BCUT2D eigenvalue weighted by molar-refractivity contribution is -0.116. The van der Waals surface area contributed by atoms with Gasteiger partial charge in [-0.2, -0.15) is 0 Å². The molecular weight excluding hydrogens is 422 g/mol. The molecule has 0 unspecified atom stereocenters. The van der Waals surface area contributed by atoms with Crippen LogP contribution in [0.1, 0.15) is 26.2 Å². The van der Waals surface area contributed by atoms with Crippen molar-refractivity contribution in [1.29, 1.82) is 0 Å². The first kappa shape index (κ1) is 20.1. The highest BCUT2D eigenvalue weighted by atomic mass is 79.9. The number of amides is 1. The number of fused-ring (bicyclic) bond motifs is 1. The number of halogens is 1. The number of aromatic nitrogens is 2. The van der Waals surface area contributed by atoms with Gasteiger partial charge in [-0.15, -0.1) is 0 Å². The van der Waals surface area contributed by atoms with Crippen LogP contribution in [-0.4, -0.2) is 15.0 Å². The predicted molar refractivity (Wildman–Crippen MR) is 115 cm³/mol. The van der Waals surface area contributed by atoms with E-state index in [9.17, 15) is 14.4 Å². The van der Waals surface area contributed by atoms with Crippen LogP contribution in [0.25, 0.3) is 10.9 Å². The van der Waals surface area contributed by atoms with Crippen LogP contribution in [0.2, 0.25) is 0 Å². The molecule has 0 fully saturated rings. The Morgan fingerprint density at radius 1 is 1.00 bits per heavy atom. The van der Waals surface area contributed by atoms with Crippen LogP contribution in [0.3, 0.4) is 0 Å². The molecule has 1 aromatic heterocycles. The molecule has 1 heterocycles. The monoisotopic (exact) mass is 443 g/mol. The summed E-state index contributed by atoms with van der Waals surface area (Å²) >= 11 is 3.35. The fraction of sp³-hybridized carbons (Fsp3) is 0.286. The maximum absolute atomic E-state index is 13.0. The summed E-state index contributed by atoms with van der Waals surface area (Å²) in [4.78, 5) is 38.3. The van der Waals surface area contributed by atoms with E-state index in [-0.39, 0.29) is 18.0 Å². The van der Waals surface area contributed by atoms with Crippen molar-refractivity contribution in [2.24, 2.45) is 0 Å². The molecule has 0 radical (unpaired) electrons. The second-order valence-electron chi connectivity index (χ2n) is 6.60. The Morgan fingerprint density at radius 2 is 1.71 bits per heavy atom. The molecule has 0 aliphatic heterocycles. The minimum atomic E-state index is -0.453. The molecule has 0 bridgehead atoms. The molecule has 0 saturated carbocycles. The Kier molecular flexibility index (Phi) is 6.46. The minimum Gasteiger partial charge on any atom is -0.325 e. The lowest BCUT2D eigenvalue weighted by Crippen LogP contribution is -2.41. The van der Waals surface area contributed by atoms with Gasteiger partial charge in [0, 0.05) is 16.7 Å². The third kappa shape index (κ3) is 4.42. The molecule has 3 aromatic rings. The van der Waals surface area contributed by atoms with Crippen molar-refractivity contribution in [3.8, 4) is 0 Å². The van der Waals surface area contributed by atoms with Crippen LogP contribution in [0.4, 0.5) is 5.69 Å². The van der Waals surface area contributed by atoms with Gasteiger partial charge >= 0.3 is 5.69 Å². The second kappa shape index (κ2) is 9.01. The zero-order valence-corrected chi connectivity index (χ0v) is 17.2. The fourth-order valence-corrected chi connectivity index (χ4v) is 3.38. The van der Waals surface area contributed by atoms with Gasteiger partial charge in [-0.05, 0) is 42.8 Å². The lowest BCUT2D eigenvalue weighted by Gasteiger charge is -2.14. The molecule has 3 rings (SSSR count). The Bertz CT molecular complexity index is 1100. The van der Waals surface area contributed by atoms with Gasteiger partial charge in [0.05, 0.1) is 10.9 Å². The summed E-state index contributed by atoms with van der Waals surface area (Å²) < 4.78 is 3.52. The number of rotatable bonds is 7. The number of unbranched alkanes of at least 4 members (excludes halogenated alkanes) is 2. The van der Waals surface area contributed by atoms with Crippen LogP contribution in [0.15, 0.2) is 62.6 Å². The van der Waals surface area contributed by atoms with Crippen molar-refractivity contribution >= 4 is 38.4 Å². The Morgan fingerprint density at radius 3 is 2.43 bits per heavy atom. The Balaban J connectivity index is 1.96. The van der Waals surface area contributed by atoms with Crippen LogP contribution in [-0.2, 0) is 17.9 Å². The number of hydrogen-bond donors (Lipinski definition) is 1. The van der Waals surface area contributed by atoms with Gasteiger partial charge < -0.3 is 5.32 Å². The van der Waals surface area contributed by atoms with Crippen molar-refractivity contribution in [3.05, 3.63) is 73.8 Å². The Labute approximate surface area is 170 Å². The first-order valence-corrected chi connectivity index (χ1v) is 10.1. The molecule has 6 nitrogen and oxygen atoms in total. The predicted octanol–water partition coefficient (Wildman–Crippen LogP) is 3.75. The zero-order chi connectivity index (χ0) is 20.1. The van der Waals surface area contributed by atoms with Crippen molar-refractivity contribution in [1.82, 2.24) is 9.13 Å². The molecule has 0 aliphatic rings. The van der Waals surface area contributed by atoms with E-state index in [1.54, 1.807) is 36.4 Å². The van der Waals surface area contributed by atoms with Crippen molar-refractivity contribution in [3.63, 3.8) is 0 Å².